The van der Waals surface area contributed by atoms with E-state index in [1.807, 2.05) is 0 Å². The maximum atomic E-state index is 5.28. The second-order valence-corrected chi connectivity index (χ2v) is 7.54. The molecule has 0 aliphatic heterocycles. The summed E-state index contributed by atoms with van der Waals surface area (Å²) in [5.41, 5.74) is 0.385. The van der Waals surface area contributed by atoms with Crippen molar-refractivity contribution in [2.45, 2.75) is 51.5 Å². The van der Waals surface area contributed by atoms with Gasteiger partial charge in [-0.2, -0.15) is 0 Å². The Hall–Kier alpha value is -0.0800. The van der Waals surface area contributed by atoms with E-state index < -0.39 is 0 Å². The highest BCUT2D eigenvalue weighted by atomic mass is 127. The van der Waals surface area contributed by atoms with Gasteiger partial charge in [0.1, 0.15) is 0 Å². The second-order valence-electron chi connectivity index (χ2n) is 7.54. The monoisotopic (exact) mass is 452 g/mol. The first-order valence-corrected chi connectivity index (χ1v) is 9.28. The van der Waals surface area contributed by atoms with Gasteiger partial charge in [-0.05, 0) is 64.5 Å². The van der Waals surface area contributed by atoms with Crippen LogP contribution in [0.4, 0.5) is 0 Å². The van der Waals surface area contributed by atoms with E-state index in [1.54, 1.807) is 7.11 Å². The Labute approximate surface area is 165 Å². The summed E-state index contributed by atoms with van der Waals surface area (Å²) in [5, 5.41) is 6.97. The van der Waals surface area contributed by atoms with Crippen LogP contribution in [0.3, 0.4) is 0 Å². The van der Waals surface area contributed by atoms with Gasteiger partial charge in [-0.25, -0.2) is 0 Å². The highest BCUT2D eigenvalue weighted by Gasteiger charge is 2.36. The number of nitrogens with one attached hydrogen (secondary N) is 2. The van der Waals surface area contributed by atoms with Gasteiger partial charge in [0.05, 0.1) is 0 Å². The Balaban J connectivity index is 0.00000288. The molecule has 0 amide bonds. The van der Waals surface area contributed by atoms with Gasteiger partial charge in [0.15, 0.2) is 5.96 Å². The molecule has 0 heterocycles. The molecule has 1 unspecified atom stereocenters. The quantitative estimate of drug-likeness (QED) is 0.304. The maximum Gasteiger partial charge on any atom is 0.191 e. The van der Waals surface area contributed by atoms with E-state index in [1.165, 1.54) is 32.1 Å². The molecule has 1 atom stereocenters. The molecule has 142 valence electrons. The van der Waals surface area contributed by atoms with Crippen molar-refractivity contribution in [1.82, 2.24) is 15.5 Å². The lowest BCUT2D eigenvalue weighted by atomic mass is 9.67. The van der Waals surface area contributed by atoms with Crippen LogP contribution in [0.25, 0.3) is 0 Å². The smallest absolute Gasteiger partial charge is 0.191 e. The van der Waals surface area contributed by atoms with Crippen LogP contribution in [0.5, 0.6) is 0 Å². The van der Waals surface area contributed by atoms with Crippen LogP contribution >= 0.6 is 24.0 Å². The fourth-order valence-corrected chi connectivity index (χ4v) is 3.52. The number of nitrogens with zero attached hydrogens (tertiary/aromatic N) is 2. The van der Waals surface area contributed by atoms with Crippen LogP contribution in [0.1, 0.15) is 45.4 Å². The predicted molar refractivity (Wildman–Crippen MR) is 112 cm³/mol. The van der Waals surface area contributed by atoms with E-state index in [2.05, 4.69) is 36.6 Å². The van der Waals surface area contributed by atoms with Crippen LogP contribution in [-0.4, -0.2) is 64.3 Å². The maximum absolute atomic E-state index is 5.28. The Kier molecular flexibility index (Phi) is 9.89. The molecule has 2 N–H and O–H groups in total. The lowest BCUT2D eigenvalue weighted by molar-refractivity contribution is 0.0778. The summed E-state index contributed by atoms with van der Waals surface area (Å²) in [4.78, 5) is 7.24. The Morgan fingerprint density at radius 3 is 2.46 bits per heavy atom. The third kappa shape index (κ3) is 6.67. The summed E-state index contributed by atoms with van der Waals surface area (Å²) >= 11 is 0. The van der Waals surface area contributed by atoms with Gasteiger partial charge in [-0.1, -0.05) is 6.42 Å². The first kappa shape index (κ1) is 22.0. The largest absolute Gasteiger partial charge is 0.385 e. The Morgan fingerprint density at radius 2 is 2.00 bits per heavy atom. The lowest BCUT2D eigenvalue weighted by Gasteiger charge is -2.40. The van der Waals surface area contributed by atoms with E-state index in [0.717, 1.165) is 44.5 Å². The molecule has 2 rings (SSSR count). The topological polar surface area (TPSA) is 48.9 Å². The number of halogens is 1. The number of methoxy groups -OCH3 is 1. The summed E-state index contributed by atoms with van der Waals surface area (Å²) in [7, 11) is 6.16. The molecule has 2 aliphatic rings. The molecule has 0 radical (unpaired) electrons. The van der Waals surface area contributed by atoms with Crippen LogP contribution in [0, 0.1) is 11.3 Å². The highest BCUT2D eigenvalue weighted by molar-refractivity contribution is 14.0. The molecule has 6 heteroatoms. The summed E-state index contributed by atoms with van der Waals surface area (Å²) in [6.07, 6.45) is 7.81. The first-order valence-electron chi connectivity index (χ1n) is 9.28. The van der Waals surface area contributed by atoms with Gasteiger partial charge in [-0.3, -0.25) is 4.99 Å². The predicted octanol–water partition coefficient (Wildman–Crippen LogP) is 2.71. The van der Waals surface area contributed by atoms with Gasteiger partial charge in [-0.15, -0.1) is 24.0 Å². The van der Waals surface area contributed by atoms with Crippen LogP contribution in [0.2, 0.25) is 0 Å². The zero-order chi connectivity index (χ0) is 16.7. The van der Waals surface area contributed by atoms with Gasteiger partial charge in [0.2, 0.25) is 0 Å². The van der Waals surface area contributed by atoms with E-state index in [4.69, 9.17) is 9.73 Å². The molecule has 2 saturated carbocycles. The average molecular weight is 452 g/mol. The van der Waals surface area contributed by atoms with Crippen molar-refractivity contribution in [1.29, 1.82) is 0 Å². The number of rotatable bonds is 10. The second kappa shape index (κ2) is 10.8. The molecule has 24 heavy (non-hydrogen) atoms. The van der Waals surface area contributed by atoms with Gasteiger partial charge >= 0.3 is 0 Å². The summed E-state index contributed by atoms with van der Waals surface area (Å²) in [5.74, 6) is 1.84. The fourth-order valence-electron chi connectivity index (χ4n) is 3.52. The minimum atomic E-state index is 0. The van der Waals surface area contributed by atoms with Crippen molar-refractivity contribution < 1.29 is 4.74 Å². The fraction of sp³-hybridized carbons (Fsp3) is 0.944. The molecule has 0 aromatic rings. The summed E-state index contributed by atoms with van der Waals surface area (Å²) in [6.45, 7) is 5.79. The van der Waals surface area contributed by atoms with Crippen molar-refractivity contribution in [3.05, 3.63) is 0 Å². The molecule has 0 bridgehead atoms. The molecule has 2 fully saturated rings. The van der Waals surface area contributed by atoms with Gasteiger partial charge in [0, 0.05) is 39.4 Å². The van der Waals surface area contributed by atoms with Gasteiger partial charge in [0.25, 0.3) is 0 Å². The molecule has 5 nitrogen and oxygen atoms in total. The average Bonchev–Trinajstić information content (AvgIpc) is 3.30. The third-order valence-electron chi connectivity index (χ3n) is 5.48. The molecule has 0 saturated heterocycles. The third-order valence-corrected chi connectivity index (χ3v) is 5.48. The lowest BCUT2D eigenvalue weighted by Crippen LogP contribution is -2.46. The summed E-state index contributed by atoms with van der Waals surface area (Å²) in [6, 6.07) is 0.616. The normalized spacial score (nSPS) is 21.0. The number of hydrogen-bond donors (Lipinski definition) is 2. The van der Waals surface area contributed by atoms with Crippen molar-refractivity contribution in [2.75, 3.05) is 47.4 Å². The van der Waals surface area contributed by atoms with Crippen molar-refractivity contribution >= 4 is 29.9 Å². The van der Waals surface area contributed by atoms with E-state index in [0.29, 0.717) is 11.5 Å². The molecular weight excluding hydrogens is 415 g/mol. The van der Waals surface area contributed by atoms with E-state index in [9.17, 15) is 0 Å². The molecule has 0 aromatic heterocycles. The minimum Gasteiger partial charge on any atom is -0.385 e. The molecule has 0 aromatic carbocycles. The number of hydrogen-bond acceptors (Lipinski definition) is 3. The zero-order valence-corrected chi connectivity index (χ0v) is 18.3. The van der Waals surface area contributed by atoms with Gasteiger partial charge < -0.3 is 20.3 Å². The number of likely N-dealkylation sites (N-methyl/N-ethyl adjacent to an activating group) is 1. The minimum absolute atomic E-state index is 0. The first-order chi connectivity index (χ1) is 11.1. The van der Waals surface area contributed by atoms with Crippen LogP contribution in [0.15, 0.2) is 4.99 Å². The van der Waals surface area contributed by atoms with Crippen molar-refractivity contribution in [3.8, 4) is 0 Å². The van der Waals surface area contributed by atoms with E-state index >= 15 is 0 Å². The van der Waals surface area contributed by atoms with Crippen LogP contribution < -0.4 is 10.6 Å². The zero-order valence-electron chi connectivity index (χ0n) is 15.9. The standard InChI is InChI=1S/C18H36N4O.HI/c1-5-19-17(20-13-16(22(2)3)15-7-8-15)21-14-18(9-6-10-18)11-12-23-4;/h15-16H,5-14H2,1-4H3,(H2,19,20,21);1H. The molecular formula is C18H37IN4O. The highest BCUT2D eigenvalue weighted by Crippen LogP contribution is 2.44. The van der Waals surface area contributed by atoms with Crippen molar-refractivity contribution in [2.24, 2.45) is 16.3 Å². The molecule has 0 spiro atoms. The Bertz CT molecular complexity index is 379. The van der Waals surface area contributed by atoms with Crippen molar-refractivity contribution in [3.63, 3.8) is 0 Å². The Morgan fingerprint density at radius 1 is 1.29 bits per heavy atom. The van der Waals surface area contributed by atoms with Crippen LogP contribution in [-0.2, 0) is 4.74 Å². The van der Waals surface area contributed by atoms with E-state index in [-0.39, 0.29) is 24.0 Å². The number of guanidine groups is 1. The molecule has 2 aliphatic carbocycles. The SMILES string of the molecule is CCNC(=NCC1(CCOC)CCC1)NCC(C1CC1)N(C)C.I. The number of aliphatic imine (C=N–C) groups is 1. The summed E-state index contributed by atoms with van der Waals surface area (Å²) < 4.78 is 5.28. The number of ether oxygens (including phenoxy) is 1.